The largest absolute Gasteiger partial charge is 0.462 e. The molecule has 6 heteroatoms. The number of esters is 3. The molecular weight excluding hydrogens is 781 g/mol. The van der Waals surface area contributed by atoms with Crippen LogP contribution in [0.5, 0.6) is 0 Å². The summed E-state index contributed by atoms with van der Waals surface area (Å²) in [4.78, 5) is 38.0. The summed E-state index contributed by atoms with van der Waals surface area (Å²) in [6.45, 7) is 13.7. The number of ether oxygens (including phenoxy) is 3. The van der Waals surface area contributed by atoms with Gasteiger partial charge >= 0.3 is 17.9 Å². The van der Waals surface area contributed by atoms with Crippen LogP contribution in [0.25, 0.3) is 0 Å². The van der Waals surface area contributed by atoms with E-state index in [-0.39, 0.29) is 31.1 Å². The molecule has 0 fully saturated rings. The van der Waals surface area contributed by atoms with Crippen molar-refractivity contribution in [3.63, 3.8) is 0 Å². The number of carbonyl (C=O) groups excluding carboxylic acids is 3. The van der Waals surface area contributed by atoms with Crippen molar-refractivity contribution in [2.75, 3.05) is 13.2 Å². The van der Waals surface area contributed by atoms with Gasteiger partial charge in [0.1, 0.15) is 13.2 Å². The molecule has 0 radical (unpaired) electrons. The summed E-state index contributed by atoms with van der Waals surface area (Å²) in [5, 5.41) is 0. The molecule has 2 atom stereocenters. The van der Waals surface area contributed by atoms with Gasteiger partial charge in [0, 0.05) is 19.3 Å². The van der Waals surface area contributed by atoms with Gasteiger partial charge in [0.15, 0.2) is 6.10 Å². The highest BCUT2D eigenvalue weighted by Crippen LogP contribution is 2.19. The molecule has 0 aliphatic carbocycles. The van der Waals surface area contributed by atoms with Gasteiger partial charge in [0.2, 0.25) is 0 Å². The number of carbonyl (C=O) groups is 3. The van der Waals surface area contributed by atoms with E-state index in [4.69, 9.17) is 14.2 Å². The average Bonchev–Trinajstić information content (AvgIpc) is 3.25. The highest BCUT2D eigenvalue weighted by atomic mass is 16.6. The zero-order valence-electron chi connectivity index (χ0n) is 43.4. The van der Waals surface area contributed by atoms with Crippen LogP contribution in [0, 0.1) is 17.8 Å². The summed E-state index contributed by atoms with van der Waals surface area (Å²) in [5.74, 6) is 1.66. The van der Waals surface area contributed by atoms with Crippen molar-refractivity contribution >= 4 is 17.9 Å². The molecule has 0 saturated carbocycles. The van der Waals surface area contributed by atoms with Crippen LogP contribution in [0.4, 0.5) is 0 Å². The SMILES string of the molecule is CCC(C)CCCCCCCCCCCCCCCCCCCCC(=O)OC[C@@H](COC(=O)CCCCCCCCCC(C)C)OC(=O)CCCCCCCCCCCCC(C)C. The summed E-state index contributed by atoms with van der Waals surface area (Å²) < 4.78 is 16.8. The predicted molar refractivity (Wildman–Crippen MR) is 270 cm³/mol. The van der Waals surface area contributed by atoms with E-state index in [2.05, 4.69) is 41.5 Å². The number of rotatable bonds is 50. The van der Waals surface area contributed by atoms with Gasteiger partial charge in [0.05, 0.1) is 0 Å². The summed E-state index contributed by atoms with van der Waals surface area (Å²) in [5.41, 5.74) is 0. The average molecular weight is 892 g/mol. The molecule has 374 valence electrons. The third-order valence-corrected chi connectivity index (χ3v) is 13.3. The zero-order chi connectivity index (χ0) is 46.3. The van der Waals surface area contributed by atoms with Gasteiger partial charge in [-0.2, -0.15) is 0 Å². The van der Waals surface area contributed by atoms with Gasteiger partial charge in [-0.25, -0.2) is 0 Å². The van der Waals surface area contributed by atoms with Crippen LogP contribution in [-0.4, -0.2) is 37.2 Å². The topological polar surface area (TPSA) is 78.9 Å². The molecule has 0 spiro atoms. The number of hydrogen-bond donors (Lipinski definition) is 0. The van der Waals surface area contributed by atoms with Gasteiger partial charge in [-0.05, 0) is 37.0 Å². The van der Waals surface area contributed by atoms with Crippen LogP contribution in [0.15, 0.2) is 0 Å². The molecule has 1 unspecified atom stereocenters. The summed E-state index contributed by atoms with van der Waals surface area (Å²) in [7, 11) is 0. The van der Waals surface area contributed by atoms with Gasteiger partial charge in [-0.1, -0.05) is 273 Å². The van der Waals surface area contributed by atoms with E-state index in [1.54, 1.807) is 0 Å². The summed E-state index contributed by atoms with van der Waals surface area (Å²) in [6, 6.07) is 0. The third-order valence-electron chi connectivity index (χ3n) is 13.3. The third kappa shape index (κ3) is 49.7. The summed E-state index contributed by atoms with van der Waals surface area (Å²) in [6.07, 6.45) is 49.6. The molecule has 63 heavy (non-hydrogen) atoms. The Morgan fingerprint density at radius 2 is 0.556 bits per heavy atom. The lowest BCUT2D eigenvalue weighted by Crippen LogP contribution is -2.30. The Morgan fingerprint density at radius 3 is 0.825 bits per heavy atom. The number of unbranched alkanes of at least 4 members (excludes halogenated alkanes) is 32. The molecule has 0 aliphatic rings. The van der Waals surface area contributed by atoms with Crippen LogP contribution < -0.4 is 0 Å². The Bertz CT molecular complexity index is 978. The minimum absolute atomic E-state index is 0.0646. The molecule has 6 nitrogen and oxygen atoms in total. The van der Waals surface area contributed by atoms with E-state index in [0.717, 1.165) is 75.5 Å². The first-order valence-corrected chi connectivity index (χ1v) is 28.1. The zero-order valence-corrected chi connectivity index (χ0v) is 43.4. The smallest absolute Gasteiger partial charge is 0.306 e. The van der Waals surface area contributed by atoms with Crippen molar-refractivity contribution < 1.29 is 28.6 Å². The first-order valence-electron chi connectivity index (χ1n) is 28.1. The quantitative estimate of drug-likeness (QED) is 0.0344. The van der Waals surface area contributed by atoms with E-state index in [1.807, 2.05) is 0 Å². The van der Waals surface area contributed by atoms with E-state index < -0.39 is 6.10 Å². The Kier molecular flexibility index (Phi) is 47.1. The predicted octanol–water partition coefficient (Wildman–Crippen LogP) is 18.3. The van der Waals surface area contributed by atoms with Gasteiger partial charge in [-0.3, -0.25) is 14.4 Å². The maximum Gasteiger partial charge on any atom is 0.306 e. The maximum absolute atomic E-state index is 12.8. The van der Waals surface area contributed by atoms with Crippen LogP contribution in [0.1, 0.15) is 311 Å². The Balaban J connectivity index is 4.19. The fourth-order valence-corrected chi connectivity index (χ4v) is 8.61. The van der Waals surface area contributed by atoms with Crippen LogP contribution in [0.2, 0.25) is 0 Å². The van der Waals surface area contributed by atoms with Gasteiger partial charge in [0.25, 0.3) is 0 Å². The van der Waals surface area contributed by atoms with Crippen LogP contribution in [-0.2, 0) is 28.6 Å². The first-order chi connectivity index (χ1) is 30.6. The fourth-order valence-electron chi connectivity index (χ4n) is 8.61. The second-order valence-corrected chi connectivity index (χ2v) is 20.8. The monoisotopic (exact) mass is 891 g/mol. The van der Waals surface area contributed by atoms with Crippen LogP contribution in [0.3, 0.4) is 0 Å². The Labute approximate surface area is 393 Å². The van der Waals surface area contributed by atoms with Crippen molar-refractivity contribution in [2.24, 2.45) is 17.8 Å². The second kappa shape index (κ2) is 48.3. The molecule has 0 rings (SSSR count). The fraction of sp³-hybridized carbons (Fsp3) is 0.947. The highest BCUT2D eigenvalue weighted by Gasteiger charge is 2.19. The molecule has 0 bridgehead atoms. The molecule has 0 saturated heterocycles. The van der Waals surface area contributed by atoms with Crippen LogP contribution >= 0.6 is 0 Å². The normalized spacial score (nSPS) is 12.6. The molecule has 0 aliphatic heterocycles. The van der Waals surface area contributed by atoms with E-state index in [1.165, 1.54) is 193 Å². The van der Waals surface area contributed by atoms with Gasteiger partial charge in [-0.15, -0.1) is 0 Å². The molecule has 0 amide bonds. The van der Waals surface area contributed by atoms with Crippen molar-refractivity contribution in [3.8, 4) is 0 Å². The Hall–Kier alpha value is -1.59. The van der Waals surface area contributed by atoms with E-state index in [9.17, 15) is 14.4 Å². The van der Waals surface area contributed by atoms with E-state index >= 15 is 0 Å². The molecule has 0 N–H and O–H groups in total. The van der Waals surface area contributed by atoms with Gasteiger partial charge < -0.3 is 14.2 Å². The maximum atomic E-state index is 12.8. The molecule has 0 aromatic rings. The second-order valence-electron chi connectivity index (χ2n) is 20.8. The Morgan fingerprint density at radius 1 is 0.317 bits per heavy atom. The lowest BCUT2D eigenvalue weighted by atomic mass is 9.99. The molecule has 0 aromatic carbocycles. The standard InChI is InChI=1S/C57H110O6/c1-7-53(6)45-39-33-27-21-16-14-12-10-8-9-11-13-15-17-22-28-34-40-46-55(58)61-49-54(50-62-56(59)47-41-35-30-24-26-32-38-44-52(4)5)63-57(60)48-42-36-29-23-19-18-20-25-31-37-43-51(2)3/h51-54H,7-50H2,1-6H3/t53?,54-/m0/s1. The lowest BCUT2D eigenvalue weighted by molar-refractivity contribution is -0.167. The van der Waals surface area contributed by atoms with Crippen molar-refractivity contribution in [1.82, 2.24) is 0 Å². The summed E-state index contributed by atoms with van der Waals surface area (Å²) >= 11 is 0. The van der Waals surface area contributed by atoms with Crippen molar-refractivity contribution in [1.29, 1.82) is 0 Å². The minimum atomic E-state index is -0.763. The van der Waals surface area contributed by atoms with Crippen molar-refractivity contribution in [3.05, 3.63) is 0 Å². The molecule has 0 aromatic heterocycles. The minimum Gasteiger partial charge on any atom is -0.462 e. The first kappa shape index (κ1) is 61.4. The van der Waals surface area contributed by atoms with E-state index in [0.29, 0.717) is 19.3 Å². The highest BCUT2D eigenvalue weighted by molar-refractivity contribution is 5.71. The number of hydrogen-bond acceptors (Lipinski definition) is 6. The molecular formula is C57H110O6. The van der Waals surface area contributed by atoms with Crippen molar-refractivity contribution in [2.45, 2.75) is 317 Å². The molecule has 0 heterocycles. The lowest BCUT2D eigenvalue weighted by Gasteiger charge is -2.18.